The van der Waals surface area contributed by atoms with Crippen LogP contribution in [0.25, 0.3) is 0 Å². The van der Waals surface area contributed by atoms with E-state index >= 15 is 0 Å². The van der Waals surface area contributed by atoms with Crippen LogP contribution >= 0.6 is 23.1 Å². The van der Waals surface area contributed by atoms with Crippen molar-refractivity contribution in [2.75, 3.05) is 25.4 Å². The molecule has 1 atom stereocenters. The van der Waals surface area contributed by atoms with Crippen LogP contribution in [0.3, 0.4) is 0 Å². The van der Waals surface area contributed by atoms with Gasteiger partial charge in [0.05, 0.1) is 4.88 Å². The van der Waals surface area contributed by atoms with E-state index in [-0.39, 0.29) is 5.91 Å². The van der Waals surface area contributed by atoms with Crippen molar-refractivity contribution in [2.24, 2.45) is 0 Å². The Morgan fingerprint density at radius 2 is 2.44 bits per heavy atom. The van der Waals surface area contributed by atoms with Crippen molar-refractivity contribution < 1.29 is 4.79 Å². The molecule has 1 saturated heterocycles. The summed E-state index contributed by atoms with van der Waals surface area (Å²) in [5.74, 6) is 2.51. The highest BCUT2D eigenvalue weighted by atomic mass is 32.2. The molecule has 0 aliphatic carbocycles. The molecule has 98 valence electrons. The van der Waals surface area contributed by atoms with Crippen molar-refractivity contribution >= 4 is 29.0 Å². The summed E-state index contributed by atoms with van der Waals surface area (Å²) >= 11 is 3.68. The van der Waals surface area contributed by atoms with Crippen molar-refractivity contribution in [3.63, 3.8) is 0 Å². The van der Waals surface area contributed by atoms with Gasteiger partial charge in [-0.25, -0.2) is 0 Å². The maximum Gasteiger partial charge on any atom is 0.264 e. The number of rotatable bonds is 1. The summed E-state index contributed by atoms with van der Waals surface area (Å²) in [6.07, 6.45) is 1.13. The van der Waals surface area contributed by atoms with Crippen LogP contribution in [-0.4, -0.2) is 42.2 Å². The molecule has 1 fully saturated rings. The topological polar surface area (TPSA) is 32.3 Å². The quantitative estimate of drug-likeness (QED) is 0.855. The number of carbonyl (C=O) groups is 1. The molecule has 1 unspecified atom stereocenters. The molecule has 1 aromatic heterocycles. The molecular weight excluding hydrogens is 264 g/mol. The second kappa shape index (κ2) is 5.23. The molecule has 0 bridgehead atoms. The summed E-state index contributed by atoms with van der Waals surface area (Å²) in [6, 6.07) is 2.54. The summed E-state index contributed by atoms with van der Waals surface area (Å²) in [5.41, 5.74) is 1.39. The Balaban J connectivity index is 1.77. The van der Waals surface area contributed by atoms with E-state index in [4.69, 9.17) is 0 Å². The number of hydrogen-bond donors (Lipinski definition) is 1. The second-order valence-corrected chi connectivity index (χ2v) is 7.21. The van der Waals surface area contributed by atoms with Crippen molar-refractivity contribution in [1.29, 1.82) is 0 Å². The van der Waals surface area contributed by atoms with Crippen LogP contribution in [0.1, 0.15) is 27.0 Å². The average molecular weight is 282 g/mol. The van der Waals surface area contributed by atoms with Gasteiger partial charge >= 0.3 is 0 Å². The van der Waals surface area contributed by atoms with Crippen molar-refractivity contribution in [3.8, 4) is 0 Å². The fourth-order valence-electron chi connectivity index (χ4n) is 2.53. The van der Waals surface area contributed by atoms with E-state index in [1.165, 1.54) is 16.2 Å². The summed E-state index contributed by atoms with van der Waals surface area (Å²) in [7, 11) is 0. The maximum absolute atomic E-state index is 12.5. The van der Waals surface area contributed by atoms with Gasteiger partial charge in [-0.2, -0.15) is 11.8 Å². The van der Waals surface area contributed by atoms with Crippen LogP contribution < -0.4 is 5.32 Å². The van der Waals surface area contributed by atoms with Crippen LogP contribution in [0.4, 0.5) is 0 Å². The lowest BCUT2D eigenvalue weighted by atomic mass is 10.2. The van der Waals surface area contributed by atoms with Crippen LogP contribution in [0.15, 0.2) is 6.07 Å². The summed E-state index contributed by atoms with van der Waals surface area (Å²) in [4.78, 5) is 16.8. The lowest BCUT2D eigenvalue weighted by molar-refractivity contribution is 0.0714. The largest absolute Gasteiger partial charge is 0.335 e. The molecular formula is C13H18N2OS2. The Labute approximate surface area is 116 Å². The molecule has 1 amide bonds. The third-order valence-electron chi connectivity index (χ3n) is 3.49. The van der Waals surface area contributed by atoms with E-state index < -0.39 is 0 Å². The Morgan fingerprint density at radius 3 is 3.22 bits per heavy atom. The molecule has 1 aromatic rings. The van der Waals surface area contributed by atoms with Gasteiger partial charge in [0, 0.05) is 36.3 Å². The normalized spacial score (nSPS) is 23.8. The SMILES string of the molecule is CC1CN(C(=O)c2cc3c(s2)CCSC3)CCN1. The minimum atomic E-state index is 0.229. The first-order valence-corrected chi connectivity index (χ1v) is 8.43. The molecule has 2 aliphatic rings. The molecule has 0 radical (unpaired) electrons. The number of thioether (sulfide) groups is 1. The van der Waals surface area contributed by atoms with E-state index in [0.29, 0.717) is 6.04 Å². The fourth-order valence-corrected chi connectivity index (χ4v) is 4.87. The second-order valence-electron chi connectivity index (χ2n) is 4.97. The Kier molecular flexibility index (Phi) is 3.63. The van der Waals surface area contributed by atoms with E-state index in [0.717, 1.165) is 36.7 Å². The van der Waals surface area contributed by atoms with E-state index in [9.17, 15) is 4.79 Å². The van der Waals surface area contributed by atoms with Gasteiger partial charge in [-0.15, -0.1) is 11.3 Å². The number of aryl methyl sites for hydroxylation is 1. The zero-order valence-corrected chi connectivity index (χ0v) is 12.2. The third kappa shape index (κ3) is 2.44. The number of nitrogens with zero attached hydrogens (tertiary/aromatic N) is 1. The smallest absolute Gasteiger partial charge is 0.264 e. The Bertz CT molecular complexity index is 434. The highest BCUT2D eigenvalue weighted by molar-refractivity contribution is 7.98. The molecule has 3 rings (SSSR count). The molecule has 1 N–H and O–H groups in total. The van der Waals surface area contributed by atoms with Gasteiger partial charge in [0.1, 0.15) is 0 Å². The minimum absolute atomic E-state index is 0.229. The molecule has 0 saturated carbocycles. The highest BCUT2D eigenvalue weighted by Crippen LogP contribution is 2.32. The van der Waals surface area contributed by atoms with Gasteiger partial charge in [0.15, 0.2) is 0 Å². The van der Waals surface area contributed by atoms with E-state index in [1.807, 2.05) is 16.7 Å². The third-order valence-corrected chi connectivity index (χ3v) is 5.73. The predicted molar refractivity (Wildman–Crippen MR) is 77.6 cm³/mol. The molecule has 5 heteroatoms. The molecule has 3 heterocycles. The monoisotopic (exact) mass is 282 g/mol. The lowest BCUT2D eigenvalue weighted by Gasteiger charge is -2.31. The summed E-state index contributed by atoms with van der Waals surface area (Å²) in [6.45, 7) is 4.71. The first-order chi connectivity index (χ1) is 8.74. The first-order valence-electron chi connectivity index (χ1n) is 6.46. The minimum Gasteiger partial charge on any atom is -0.335 e. The van der Waals surface area contributed by atoms with Gasteiger partial charge in [-0.05, 0) is 30.7 Å². The standard InChI is InChI=1S/C13H18N2OS2/c1-9-7-15(4-3-14-9)13(16)12-6-10-8-17-5-2-11(10)18-12/h6,9,14H,2-5,7-8H2,1H3. The predicted octanol–water partition coefficient (Wildman–Crippen LogP) is 1.97. The Morgan fingerprint density at radius 1 is 1.56 bits per heavy atom. The number of nitrogens with one attached hydrogen (secondary N) is 1. The van der Waals surface area contributed by atoms with Crippen LogP contribution in [0, 0.1) is 0 Å². The fraction of sp³-hybridized carbons (Fsp3) is 0.615. The Hall–Kier alpha value is -0.520. The number of thiophene rings is 1. The molecule has 3 nitrogen and oxygen atoms in total. The molecule has 2 aliphatic heterocycles. The molecule has 18 heavy (non-hydrogen) atoms. The number of amides is 1. The maximum atomic E-state index is 12.5. The van der Waals surface area contributed by atoms with Crippen LogP contribution in [-0.2, 0) is 12.2 Å². The van der Waals surface area contributed by atoms with Crippen LogP contribution in [0.2, 0.25) is 0 Å². The molecule has 0 spiro atoms. The molecule has 0 aromatic carbocycles. The van der Waals surface area contributed by atoms with Crippen molar-refractivity contribution in [3.05, 3.63) is 21.4 Å². The number of fused-ring (bicyclic) bond motifs is 1. The number of hydrogen-bond acceptors (Lipinski definition) is 4. The highest BCUT2D eigenvalue weighted by Gasteiger charge is 2.24. The zero-order chi connectivity index (χ0) is 12.5. The van der Waals surface area contributed by atoms with Gasteiger partial charge in [0.2, 0.25) is 0 Å². The average Bonchev–Trinajstić information content (AvgIpc) is 2.81. The van der Waals surface area contributed by atoms with Crippen LogP contribution in [0.5, 0.6) is 0 Å². The van der Waals surface area contributed by atoms with Crippen molar-refractivity contribution in [2.45, 2.75) is 25.1 Å². The summed E-state index contributed by atoms with van der Waals surface area (Å²) in [5, 5.41) is 3.37. The summed E-state index contributed by atoms with van der Waals surface area (Å²) < 4.78 is 0. The van der Waals surface area contributed by atoms with Crippen molar-refractivity contribution in [1.82, 2.24) is 10.2 Å². The number of piperazine rings is 1. The number of carbonyl (C=O) groups excluding carboxylic acids is 1. The van der Waals surface area contributed by atoms with Gasteiger partial charge < -0.3 is 10.2 Å². The van der Waals surface area contributed by atoms with Gasteiger partial charge in [-0.3, -0.25) is 4.79 Å². The lowest BCUT2D eigenvalue weighted by Crippen LogP contribution is -2.51. The first kappa shape index (κ1) is 12.5. The van der Waals surface area contributed by atoms with Gasteiger partial charge in [0.25, 0.3) is 5.91 Å². The zero-order valence-electron chi connectivity index (χ0n) is 10.6. The van der Waals surface area contributed by atoms with E-state index in [2.05, 4.69) is 18.3 Å². The van der Waals surface area contributed by atoms with E-state index in [1.54, 1.807) is 11.3 Å². The van der Waals surface area contributed by atoms with Gasteiger partial charge in [-0.1, -0.05) is 0 Å².